The van der Waals surface area contributed by atoms with Crippen molar-refractivity contribution in [3.63, 3.8) is 0 Å². The number of aliphatic hydroxyl groups excluding tert-OH is 1. The van der Waals surface area contributed by atoms with Gasteiger partial charge >= 0.3 is 0 Å². The van der Waals surface area contributed by atoms with E-state index in [1.807, 2.05) is 12.1 Å². The number of aliphatic hydroxyl groups is 1. The van der Waals surface area contributed by atoms with Crippen molar-refractivity contribution in [2.24, 2.45) is 0 Å². The van der Waals surface area contributed by atoms with Gasteiger partial charge < -0.3 is 19.9 Å². The third kappa shape index (κ3) is 5.42. The minimum atomic E-state index is -0.432. The maximum absolute atomic E-state index is 10.7. The number of rotatable bonds is 10. The van der Waals surface area contributed by atoms with Crippen LogP contribution in [-0.2, 0) is 13.2 Å². The summed E-state index contributed by atoms with van der Waals surface area (Å²) in [5, 5.41) is 22.9. The van der Waals surface area contributed by atoms with Crippen LogP contribution in [0.5, 0.6) is 11.5 Å². The normalized spacial score (nSPS) is 10.6. The van der Waals surface area contributed by atoms with Gasteiger partial charge in [-0.25, -0.2) is 0 Å². The Kier molecular flexibility index (Phi) is 7.83. The van der Waals surface area contributed by atoms with Gasteiger partial charge in [-0.15, -0.1) is 0 Å². The molecule has 2 N–H and O–H groups in total. The van der Waals surface area contributed by atoms with E-state index in [0.717, 1.165) is 15.6 Å². The van der Waals surface area contributed by atoms with Crippen molar-refractivity contribution >= 4 is 21.6 Å². The fourth-order valence-electron chi connectivity index (χ4n) is 2.35. The Labute approximate surface area is 160 Å². The number of nitrogens with zero attached hydrogens (tertiary/aromatic N) is 1. The second kappa shape index (κ2) is 10.1. The Morgan fingerprint density at radius 1 is 1.23 bits per heavy atom. The molecule has 2 aromatic carbocycles. The summed E-state index contributed by atoms with van der Waals surface area (Å²) in [7, 11) is 1.57. The minimum absolute atomic E-state index is 0.0440. The molecule has 0 aliphatic heterocycles. The SMILES string of the molecule is COc1ccc(Br)c(CNCCCO)c1OCc1ccc([N+](=O)[O-])cc1. The van der Waals surface area contributed by atoms with Gasteiger partial charge in [0.25, 0.3) is 5.69 Å². The smallest absolute Gasteiger partial charge is 0.269 e. The van der Waals surface area contributed by atoms with E-state index >= 15 is 0 Å². The molecule has 0 saturated carbocycles. The topological polar surface area (TPSA) is 93.9 Å². The highest BCUT2D eigenvalue weighted by atomic mass is 79.9. The molecular formula is C18H21BrN2O5. The summed E-state index contributed by atoms with van der Waals surface area (Å²) in [5.41, 5.74) is 1.77. The Morgan fingerprint density at radius 2 is 1.96 bits per heavy atom. The maximum Gasteiger partial charge on any atom is 0.269 e. The predicted octanol–water partition coefficient (Wildman–Crippen LogP) is 3.42. The summed E-state index contributed by atoms with van der Waals surface area (Å²) < 4.78 is 12.3. The third-order valence-electron chi connectivity index (χ3n) is 3.73. The molecule has 2 aromatic rings. The van der Waals surface area contributed by atoms with Crippen LogP contribution >= 0.6 is 15.9 Å². The molecule has 0 atom stereocenters. The number of hydrogen-bond acceptors (Lipinski definition) is 6. The molecule has 140 valence electrons. The van der Waals surface area contributed by atoms with E-state index in [0.29, 0.717) is 31.0 Å². The maximum atomic E-state index is 10.7. The van der Waals surface area contributed by atoms with Crippen molar-refractivity contribution < 1.29 is 19.5 Å². The molecule has 7 nitrogen and oxygen atoms in total. The summed E-state index contributed by atoms with van der Waals surface area (Å²) in [6.07, 6.45) is 0.667. The fourth-order valence-corrected chi connectivity index (χ4v) is 2.81. The summed E-state index contributed by atoms with van der Waals surface area (Å²) in [5.74, 6) is 1.21. The molecule has 8 heteroatoms. The van der Waals surface area contributed by atoms with E-state index in [1.54, 1.807) is 19.2 Å². The largest absolute Gasteiger partial charge is 0.493 e. The average Bonchev–Trinajstić information content (AvgIpc) is 2.65. The molecule has 0 aliphatic rings. The molecule has 26 heavy (non-hydrogen) atoms. The van der Waals surface area contributed by atoms with Crippen molar-refractivity contribution in [3.05, 3.63) is 62.1 Å². The van der Waals surface area contributed by atoms with Gasteiger partial charge in [0.1, 0.15) is 6.61 Å². The molecule has 2 rings (SSSR count). The van der Waals surface area contributed by atoms with E-state index in [2.05, 4.69) is 21.2 Å². The standard InChI is InChI=1S/C18H21BrN2O5/c1-25-17-8-7-16(19)15(11-20-9-2-10-22)18(17)26-12-13-3-5-14(6-4-13)21(23)24/h3-8,20,22H,2,9-12H2,1H3. The van der Waals surface area contributed by atoms with Crippen LogP contribution in [0, 0.1) is 10.1 Å². The first-order valence-electron chi connectivity index (χ1n) is 8.10. The molecule has 0 heterocycles. The number of nitro groups is 1. The van der Waals surface area contributed by atoms with Gasteiger partial charge in [0, 0.05) is 35.3 Å². The molecular weight excluding hydrogens is 404 g/mol. The number of nitro benzene ring substituents is 1. The van der Waals surface area contributed by atoms with Gasteiger partial charge in [-0.1, -0.05) is 15.9 Å². The zero-order chi connectivity index (χ0) is 18.9. The highest BCUT2D eigenvalue weighted by Crippen LogP contribution is 2.36. The number of nitrogens with one attached hydrogen (secondary N) is 1. The molecule has 0 radical (unpaired) electrons. The molecule has 0 amide bonds. The van der Waals surface area contributed by atoms with Crippen LogP contribution < -0.4 is 14.8 Å². The molecule has 0 aromatic heterocycles. The summed E-state index contributed by atoms with van der Waals surface area (Å²) in [6.45, 7) is 1.62. The van der Waals surface area contributed by atoms with Gasteiger partial charge in [0.05, 0.1) is 12.0 Å². The van der Waals surface area contributed by atoms with E-state index in [9.17, 15) is 10.1 Å². The Morgan fingerprint density at radius 3 is 2.58 bits per heavy atom. The van der Waals surface area contributed by atoms with Gasteiger partial charge in [-0.2, -0.15) is 0 Å². The average molecular weight is 425 g/mol. The van der Waals surface area contributed by atoms with Gasteiger partial charge in [0.15, 0.2) is 11.5 Å². The number of methoxy groups -OCH3 is 1. The number of ether oxygens (including phenoxy) is 2. The summed E-state index contributed by atoms with van der Waals surface area (Å²) in [4.78, 5) is 10.3. The number of halogens is 1. The lowest BCUT2D eigenvalue weighted by Crippen LogP contribution is -2.17. The second-order valence-corrected chi connectivity index (χ2v) is 6.38. The Bertz CT molecular complexity index is 737. The van der Waals surface area contributed by atoms with Crippen molar-refractivity contribution in [2.45, 2.75) is 19.6 Å². The first-order chi connectivity index (χ1) is 12.6. The summed E-state index contributed by atoms with van der Waals surface area (Å²) >= 11 is 3.53. The fraction of sp³-hybridized carbons (Fsp3) is 0.333. The highest BCUT2D eigenvalue weighted by molar-refractivity contribution is 9.10. The second-order valence-electron chi connectivity index (χ2n) is 5.52. The lowest BCUT2D eigenvalue weighted by atomic mass is 10.1. The lowest BCUT2D eigenvalue weighted by Gasteiger charge is -2.17. The molecule has 0 fully saturated rings. The van der Waals surface area contributed by atoms with Gasteiger partial charge in [0.2, 0.25) is 0 Å². The third-order valence-corrected chi connectivity index (χ3v) is 4.47. The molecule has 0 unspecified atom stereocenters. The Hall–Kier alpha value is -2.16. The van der Waals surface area contributed by atoms with Crippen LogP contribution in [0.1, 0.15) is 17.5 Å². The summed E-state index contributed by atoms with van der Waals surface area (Å²) in [6, 6.07) is 9.94. The minimum Gasteiger partial charge on any atom is -0.493 e. The number of non-ortho nitro benzene ring substituents is 1. The zero-order valence-corrected chi connectivity index (χ0v) is 16.0. The van der Waals surface area contributed by atoms with Crippen LogP contribution in [-0.4, -0.2) is 30.3 Å². The molecule has 0 spiro atoms. The Balaban J connectivity index is 2.15. The lowest BCUT2D eigenvalue weighted by molar-refractivity contribution is -0.384. The van der Waals surface area contributed by atoms with Crippen LogP contribution in [0.2, 0.25) is 0 Å². The number of hydrogen-bond donors (Lipinski definition) is 2. The van der Waals surface area contributed by atoms with Crippen molar-refractivity contribution in [3.8, 4) is 11.5 Å². The van der Waals surface area contributed by atoms with Crippen LogP contribution in [0.3, 0.4) is 0 Å². The van der Waals surface area contributed by atoms with E-state index in [4.69, 9.17) is 14.6 Å². The highest BCUT2D eigenvalue weighted by Gasteiger charge is 2.15. The van der Waals surface area contributed by atoms with Crippen LogP contribution in [0.25, 0.3) is 0 Å². The van der Waals surface area contributed by atoms with Crippen molar-refractivity contribution in [1.29, 1.82) is 0 Å². The van der Waals surface area contributed by atoms with Crippen molar-refractivity contribution in [2.75, 3.05) is 20.3 Å². The van der Waals surface area contributed by atoms with E-state index in [-0.39, 0.29) is 18.9 Å². The van der Waals surface area contributed by atoms with Crippen LogP contribution in [0.4, 0.5) is 5.69 Å². The van der Waals surface area contributed by atoms with Gasteiger partial charge in [-0.3, -0.25) is 10.1 Å². The predicted molar refractivity (Wildman–Crippen MR) is 102 cm³/mol. The molecule has 0 bridgehead atoms. The van der Waals surface area contributed by atoms with E-state index in [1.165, 1.54) is 12.1 Å². The van der Waals surface area contributed by atoms with Crippen molar-refractivity contribution in [1.82, 2.24) is 5.32 Å². The van der Waals surface area contributed by atoms with E-state index < -0.39 is 4.92 Å². The molecule has 0 aliphatic carbocycles. The van der Waals surface area contributed by atoms with Gasteiger partial charge in [-0.05, 0) is 42.8 Å². The first kappa shape index (κ1) is 20.2. The number of benzene rings is 2. The first-order valence-corrected chi connectivity index (χ1v) is 8.89. The zero-order valence-electron chi connectivity index (χ0n) is 14.4. The van der Waals surface area contributed by atoms with Crippen LogP contribution in [0.15, 0.2) is 40.9 Å². The monoisotopic (exact) mass is 424 g/mol. The quantitative estimate of drug-likeness (QED) is 0.344. The molecule has 0 saturated heterocycles.